The summed E-state index contributed by atoms with van der Waals surface area (Å²) in [6.45, 7) is 11.1. The molecule has 0 saturated heterocycles. The molecule has 1 N–H and O–H groups in total. The number of aryl methyl sites for hydroxylation is 1. The van der Waals surface area contributed by atoms with Crippen molar-refractivity contribution in [3.05, 3.63) is 64.7 Å². The van der Waals surface area contributed by atoms with Gasteiger partial charge in [0, 0.05) is 5.56 Å². The summed E-state index contributed by atoms with van der Waals surface area (Å²) in [5.74, 6) is 0.684. The largest absolute Gasteiger partial charge is 0.494 e. The fraction of sp³-hybridized carbons (Fsp3) is 0.348. The minimum absolute atomic E-state index is 0.0546. The summed E-state index contributed by atoms with van der Waals surface area (Å²) in [6, 6.07) is 12.3. The van der Waals surface area contributed by atoms with Crippen LogP contribution >= 0.6 is 0 Å². The topological polar surface area (TPSA) is 41.6 Å². The van der Waals surface area contributed by atoms with Gasteiger partial charge >= 0.3 is 0 Å². The number of hydrogen-bond donors (Lipinski definition) is 1. The fourth-order valence-electron chi connectivity index (χ4n) is 4.36. The van der Waals surface area contributed by atoms with Gasteiger partial charge in [-0.2, -0.15) is 0 Å². The summed E-state index contributed by atoms with van der Waals surface area (Å²) in [7, 11) is 0. The van der Waals surface area contributed by atoms with Crippen molar-refractivity contribution < 1.29 is 9.53 Å². The Hall–Kier alpha value is -2.75. The minimum atomic E-state index is -0.235. The van der Waals surface area contributed by atoms with E-state index in [2.05, 4.69) is 68.3 Å². The van der Waals surface area contributed by atoms with Gasteiger partial charge in [0.05, 0.1) is 23.4 Å². The maximum absolute atomic E-state index is 13.1. The maximum Gasteiger partial charge on any atom is 0.255 e. The van der Waals surface area contributed by atoms with Crippen LogP contribution in [-0.4, -0.2) is 18.1 Å². The number of benzene rings is 2. The summed E-state index contributed by atoms with van der Waals surface area (Å²) in [6.07, 6.45) is 2.07. The Bertz CT molecular complexity index is 959. The summed E-state index contributed by atoms with van der Waals surface area (Å²) in [5.41, 5.74) is 5.96. The number of rotatable bonds is 3. The number of nitrogens with one attached hydrogen (secondary N) is 1. The van der Waals surface area contributed by atoms with E-state index < -0.39 is 0 Å². The summed E-state index contributed by atoms with van der Waals surface area (Å²) < 4.78 is 5.72. The van der Waals surface area contributed by atoms with E-state index in [1.54, 1.807) is 0 Å². The van der Waals surface area contributed by atoms with Crippen LogP contribution in [0.3, 0.4) is 0 Å². The van der Waals surface area contributed by atoms with Crippen molar-refractivity contribution in [2.45, 2.75) is 46.3 Å². The Labute approximate surface area is 160 Å². The molecule has 0 spiro atoms. The molecule has 140 valence electrons. The monoisotopic (exact) mass is 362 g/mol. The zero-order valence-corrected chi connectivity index (χ0v) is 16.6. The third-order valence-electron chi connectivity index (χ3n) is 5.38. The smallest absolute Gasteiger partial charge is 0.255 e. The molecule has 4 rings (SSSR count). The Morgan fingerprint density at radius 2 is 1.89 bits per heavy atom. The highest BCUT2D eigenvalue weighted by molar-refractivity contribution is 6.06. The van der Waals surface area contributed by atoms with Crippen molar-refractivity contribution in [1.29, 1.82) is 0 Å². The van der Waals surface area contributed by atoms with Crippen LogP contribution in [0.4, 0.5) is 5.69 Å². The number of carbonyl (C=O) groups excluding carboxylic acids is 1. The number of carbonyl (C=O) groups is 1. The van der Waals surface area contributed by atoms with Crippen molar-refractivity contribution in [2.24, 2.45) is 0 Å². The van der Waals surface area contributed by atoms with Gasteiger partial charge in [0.2, 0.25) is 0 Å². The zero-order chi connectivity index (χ0) is 19.3. The number of ether oxygens (including phenoxy) is 1. The molecule has 1 atom stereocenters. The second-order valence-electron chi connectivity index (χ2n) is 7.94. The molecule has 1 unspecified atom stereocenters. The Balaban J connectivity index is 1.96. The molecule has 0 fully saturated rings. The summed E-state index contributed by atoms with van der Waals surface area (Å²) >= 11 is 0. The van der Waals surface area contributed by atoms with E-state index >= 15 is 0 Å². The molecule has 2 aliphatic heterocycles. The molecule has 4 nitrogen and oxygen atoms in total. The highest BCUT2D eigenvalue weighted by Crippen LogP contribution is 2.48. The molecule has 2 aliphatic rings. The lowest BCUT2D eigenvalue weighted by Crippen LogP contribution is -2.56. The lowest BCUT2D eigenvalue weighted by molar-refractivity contribution is 0.0921. The zero-order valence-electron chi connectivity index (χ0n) is 16.6. The van der Waals surface area contributed by atoms with E-state index in [4.69, 9.17) is 4.74 Å². The van der Waals surface area contributed by atoms with Crippen molar-refractivity contribution in [2.75, 3.05) is 11.5 Å². The van der Waals surface area contributed by atoms with Gasteiger partial charge in [-0.1, -0.05) is 35.9 Å². The number of amides is 1. The highest BCUT2D eigenvalue weighted by atomic mass is 16.5. The van der Waals surface area contributed by atoms with Gasteiger partial charge in [0.15, 0.2) is 0 Å². The van der Waals surface area contributed by atoms with Crippen molar-refractivity contribution in [3.63, 3.8) is 0 Å². The number of allylic oxidation sites excluding steroid dienone is 1. The molecule has 0 radical (unpaired) electrons. The van der Waals surface area contributed by atoms with Crippen LogP contribution in [0.5, 0.6) is 5.75 Å². The van der Waals surface area contributed by atoms with Crippen LogP contribution in [-0.2, 0) is 0 Å². The van der Waals surface area contributed by atoms with Crippen LogP contribution in [0.25, 0.3) is 5.57 Å². The highest BCUT2D eigenvalue weighted by Gasteiger charge is 2.43. The minimum Gasteiger partial charge on any atom is -0.494 e. The van der Waals surface area contributed by atoms with Crippen LogP contribution in [0.15, 0.2) is 42.5 Å². The molecule has 4 heteroatoms. The third-order valence-corrected chi connectivity index (χ3v) is 5.38. The van der Waals surface area contributed by atoms with E-state index in [0.29, 0.717) is 12.2 Å². The second-order valence-corrected chi connectivity index (χ2v) is 7.94. The molecule has 1 amide bonds. The van der Waals surface area contributed by atoms with E-state index in [1.807, 2.05) is 19.1 Å². The van der Waals surface area contributed by atoms with Gasteiger partial charge in [-0.15, -0.1) is 0 Å². The molecular weight excluding hydrogens is 336 g/mol. The van der Waals surface area contributed by atoms with E-state index in [1.165, 1.54) is 11.1 Å². The van der Waals surface area contributed by atoms with Crippen LogP contribution in [0, 0.1) is 6.92 Å². The molecule has 0 saturated carbocycles. The van der Waals surface area contributed by atoms with Gasteiger partial charge in [0.25, 0.3) is 5.91 Å². The molecule has 2 aromatic carbocycles. The first-order valence-corrected chi connectivity index (χ1v) is 9.49. The molecule has 2 heterocycles. The third kappa shape index (κ3) is 2.80. The first kappa shape index (κ1) is 17.7. The first-order valence-electron chi connectivity index (χ1n) is 9.49. The van der Waals surface area contributed by atoms with Crippen molar-refractivity contribution in [3.8, 4) is 5.75 Å². The van der Waals surface area contributed by atoms with E-state index in [-0.39, 0.29) is 17.6 Å². The standard InChI is InChI=1S/C23H26N2O2/c1-6-27-17-11-18-15(3)13-23(4,5)25-20(18)19(12-17)22(26)24-21(25)16-9-7-8-14(2)10-16/h7-13,21H,6H2,1-5H3,(H,24,26). The van der Waals surface area contributed by atoms with Gasteiger partial charge in [-0.3, -0.25) is 4.79 Å². The maximum atomic E-state index is 13.1. The normalized spacial score (nSPS) is 19.9. The van der Waals surface area contributed by atoms with Crippen LogP contribution < -0.4 is 15.0 Å². The predicted molar refractivity (Wildman–Crippen MR) is 109 cm³/mol. The number of hydrogen-bond acceptors (Lipinski definition) is 3. The number of nitrogens with zero attached hydrogens (tertiary/aromatic N) is 1. The van der Waals surface area contributed by atoms with Gasteiger partial charge in [-0.05, 0) is 57.9 Å². The average Bonchev–Trinajstić information content (AvgIpc) is 2.60. The molecule has 0 bridgehead atoms. The van der Waals surface area contributed by atoms with Crippen LogP contribution in [0.1, 0.15) is 60.9 Å². The first-order chi connectivity index (χ1) is 12.8. The quantitative estimate of drug-likeness (QED) is 0.850. The molecule has 0 aromatic heterocycles. The molecular formula is C23H26N2O2. The van der Waals surface area contributed by atoms with Crippen molar-refractivity contribution >= 4 is 17.2 Å². The van der Waals surface area contributed by atoms with Gasteiger partial charge in [0.1, 0.15) is 11.9 Å². The Morgan fingerprint density at radius 1 is 1.15 bits per heavy atom. The fourth-order valence-corrected chi connectivity index (χ4v) is 4.36. The van der Waals surface area contributed by atoms with E-state index in [9.17, 15) is 4.79 Å². The Kier molecular flexibility index (Phi) is 4.02. The predicted octanol–water partition coefficient (Wildman–Crippen LogP) is 4.84. The summed E-state index contributed by atoms with van der Waals surface area (Å²) in [4.78, 5) is 15.4. The molecule has 27 heavy (non-hydrogen) atoms. The van der Waals surface area contributed by atoms with Gasteiger partial charge < -0.3 is 15.0 Å². The van der Waals surface area contributed by atoms with Gasteiger partial charge in [-0.25, -0.2) is 0 Å². The second kappa shape index (κ2) is 6.15. The van der Waals surface area contributed by atoms with Crippen LogP contribution in [0.2, 0.25) is 0 Å². The SMILES string of the molecule is CCOc1cc2c3c(c1)C(C)=CC(C)(C)N3C(c1cccc(C)c1)NC2=O. The Morgan fingerprint density at radius 3 is 2.59 bits per heavy atom. The molecule has 0 aliphatic carbocycles. The van der Waals surface area contributed by atoms with E-state index in [0.717, 1.165) is 22.6 Å². The lowest BCUT2D eigenvalue weighted by atomic mass is 9.84. The lowest BCUT2D eigenvalue weighted by Gasteiger charge is -2.51. The van der Waals surface area contributed by atoms with Crippen molar-refractivity contribution in [1.82, 2.24) is 5.32 Å². The summed E-state index contributed by atoms with van der Waals surface area (Å²) in [5, 5.41) is 3.22. The molecule has 2 aromatic rings. The average molecular weight is 362 g/mol. The number of anilines is 1.